The third-order valence-corrected chi connectivity index (χ3v) is 20.3. The first kappa shape index (κ1) is 94.2. The number of ether oxygens (including phenoxy) is 5. The smallest absolute Gasteiger partial charge is 0.407 e. The third kappa shape index (κ3) is 31.9. The normalized spacial score (nSPS) is 16.2. The molecule has 1 aliphatic heterocycles. The van der Waals surface area contributed by atoms with Crippen molar-refractivity contribution in [2.75, 3.05) is 73.0 Å². The predicted octanol–water partition coefficient (Wildman–Crippen LogP) is 6.27. The Morgan fingerprint density at radius 2 is 1.32 bits per heavy atom. The Labute approximate surface area is 640 Å². The number of aliphatic hydroxyl groups excluding tert-OH is 1. The van der Waals surface area contributed by atoms with Crippen LogP contribution >= 0.6 is 0 Å². The Bertz CT molecular complexity index is 3160. The van der Waals surface area contributed by atoms with Gasteiger partial charge in [-0.15, -0.1) is 0 Å². The maximum absolute atomic E-state index is 14.8. The molecule has 0 aliphatic carbocycles. The second-order valence-corrected chi connectivity index (χ2v) is 30.8. The summed E-state index contributed by atoms with van der Waals surface area (Å²) in [6.45, 7) is 26.6. The number of carbonyl (C=O) groups excluding carboxylic acids is 11. The number of primary amides is 1. The molecule has 1 aliphatic rings. The number of nitrogens with zero attached hydrogens (tertiary/aromatic N) is 3. The Morgan fingerprint density at radius 1 is 0.685 bits per heavy atom. The van der Waals surface area contributed by atoms with Crippen molar-refractivity contribution in [2.24, 2.45) is 47.1 Å². The van der Waals surface area contributed by atoms with Gasteiger partial charge in [0.25, 0.3) is 0 Å². The molecule has 12 unspecified atom stereocenters. The lowest BCUT2D eigenvalue weighted by Crippen LogP contribution is -2.56. The zero-order chi connectivity index (χ0) is 81.2. The summed E-state index contributed by atoms with van der Waals surface area (Å²) in [5.41, 5.74) is 7.45. The first-order valence-electron chi connectivity index (χ1n) is 38.2. The molecule has 1 saturated heterocycles. The highest BCUT2D eigenvalue weighted by molar-refractivity contribution is 5.98. The van der Waals surface area contributed by atoms with E-state index in [-0.39, 0.29) is 125 Å². The number of likely N-dealkylation sites (N-methyl/N-ethyl adjacent to an activating group) is 2. The molecule has 30 nitrogen and oxygen atoms in total. The highest BCUT2D eigenvalue weighted by atomic mass is 16.5. The number of anilines is 1. The van der Waals surface area contributed by atoms with E-state index in [2.05, 4.69) is 42.6 Å². The second kappa shape index (κ2) is 47.1. The third-order valence-electron chi connectivity index (χ3n) is 20.3. The minimum atomic E-state index is -1.06. The Hall–Kier alpha value is -8.03. The number of alkyl carbamates (subject to hydrolysis) is 1. The number of unbranched alkanes of at least 4 members (excludes halogenated alkanes) is 2. The average molecular weight is 1520 g/mol. The van der Waals surface area contributed by atoms with Gasteiger partial charge in [-0.2, -0.15) is 0 Å². The number of nitrogens with two attached hydrogens (primary N) is 2. The molecular formula is C78H131N13O17. The monoisotopic (exact) mass is 1520 g/mol. The number of urea groups is 1. The Morgan fingerprint density at radius 3 is 1.91 bits per heavy atom. The highest BCUT2D eigenvalue weighted by Crippen LogP contribution is 2.31. The van der Waals surface area contributed by atoms with E-state index in [1.54, 1.807) is 88.0 Å². The van der Waals surface area contributed by atoms with Gasteiger partial charge in [-0.05, 0) is 133 Å². The molecule has 2 aromatic carbocycles. The Balaban J connectivity index is 1.51. The van der Waals surface area contributed by atoms with Crippen molar-refractivity contribution in [1.82, 2.24) is 52.0 Å². The van der Waals surface area contributed by atoms with Crippen LogP contribution < -0.4 is 54.2 Å². The molecule has 1 heterocycles. The number of rotatable bonds is 49. The van der Waals surface area contributed by atoms with Crippen LogP contribution in [0.25, 0.3) is 0 Å². The SMILES string of the molecule is CCC(C)C(C(CC(=O)N1CCCC1C(OC)C(C)C(=O)NC(C)C(O)c1ccccc1)OC)N(C)C(=O)C(CNC(=O)C(C(C)C)N(C)C(=O)COC(C)(C)CCOC(C)(C)CCNC(=O)OCc1ccc(NC(=O)C(CCCNC(N)=O)NC(=O)C(NC(=O)CCCCCC(=O)NN)C(C)C)cc1)C(C)C. The van der Waals surface area contributed by atoms with Crippen LogP contribution in [-0.4, -0.2) is 212 Å². The lowest BCUT2D eigenvalue weighted by molar-refractivity contribution is -0.150. The number of carbonyl (C=O) groups is 11. The molecule has 12 atom stereocenters. The zero-order valence-corrected chi connectivity index (χ0v) is 67.5. The average Bonchev–Trinajstić information content (AvgIpc) is 1.44. The van der Waals surface area contributed by atoms with E-state index >= 15 is 0 Å². The largest absolute Gasteiger partial charge is 0.445 e. The van der Waals surface area contributed by atoms with Crippen molar-refractivity contribution in [3.05, 3.63) is 65.7 Å². The molecule has 3 rings (SSSR count). The molecule has 2 aromatic rings. The number of hydrogen-bond acceptors (Lipinski definition) is 18. The number of likely N-dealkylation sites (tertiary alicyclic amines) is 1. The number of methoxy groups -OCH3 is 2. The van der Waals surface area contributed by atoms with Crippen molar-refractivity contribution in [3.63, 3.8) is 0 Å². The first-order chi connectivity index (χ1) is 50.8. The van der Waals surface area contributed by atoms with Gasteiger partial charge < -0.3 is 86.4 Å². The Kier molecular flexibility index (Phi) is 41.1. The fourth-order valence-corrected chi connectivity index (χ4v) is 13.2. The molecule has 108 heavy (non-hydrogen) atoms. The van der Waals surface area contributed by atoms with Crippen LogP contribution in [0.3, 0.4) is 0 Å². The fraction of sp³-hybridized carbons (Fsp3) is 0.705. The van der Waals surface area contributed by atoms with Crippen LogP contribution in [0.15, 0.2) is 54.6 Å². The van der Waals surface area contributed by atoms with E-state index in [1.165, 1.54) is 19.1 Å². The van der Waals surface area contributed by atoms with Crippen molar-refractivity contribution >= 4 is 71.0 Å². The minimum absolute atomic E-state index is 0.0196. The van der Waals surface area contributed by atoms with E-state index in [4.69, 9.17) is 35.3 Å². The maximum Gasteiger partial charge on any atom is 0.407 e. The van der Waals surface area contributed by atoms with E-state index in [0.29, 0.717) is 74.7 Å². The quantitative estimate of drug-likeness (QED) is 0.0150. The lowest BCUT2D eigenvalue weighted by Gasteiger charge is -2.41. The number of aliphatic hydroxyl groups is 1. The number of hydrazine groups is 1. The van der Waals surface area contributed by atoms with Crippen molar-refractivity contribution in [3.8, 4) is 0 Å². The van der Waals surface area contributed by atoms with Gasteiger partial charge in [-0.25, -0.2) is 15.4 Å². The predicted molar refractivity (Wildman–Crippen MR) is 411 cm³/mol. The summed E-state index contributed by atoms with van der Waals surface area (Å²) < 4.78 is 30.0. The molecule has 0 aromatic heterocycles. The molecule has 12 amide bonds. The molecule has 0 radical (unpaired) electrons. The number of hydrogen-bond donors (Lipinski definition) is 11. The summed E-state index contributed by atoms with van der Waals surface area (Å²) >= 11 is 0. The summed E-state index contributed by atoms with van der Waals surface area (Å²) in [6.07, 6.45) is 2.21. The fourth-order valence-electron chi connectivity index (χ4n) is 13.2. The molecule has 610 valence electrons. The molecular weight excluding hydrogens is 1390 g/mol. The number of amides is 12. The minimum Gasteiger partial charge on any atom is -0.445 e. The highest BCUT2D eigenvalue weighted by Gasteiger charge is 2.44. The molecule has 13 N–H and O–H groups in total. The van der Waals surface area contributed by atoms with E-state index in [1.807, 2.05) is 87.4 Å². The molecule has 0 spiro atoms. The van der Waals surface area contributed by atoms with Gasteiger partial charge in [0.1, 0.15) is 31.3 Å². The molecule has 1 fully saturated rings. The van der Waals surface area contributed by atoms with Crippen molar-refractivity contribution < 1.29 is 81.5 Å². The van der Waals surface area contributed by atoms with Crippen LogP contribution in [-0.2, 0) is 73.4 Å². The maximum atomic E-state index is 14.8. The number of benzene rings is 2. The van der Waals surface area contributed by atoms with Crippen LogP contribution in [0, 0.1) is 35.5 Å². The van der Waals surface area contributed by atoms with Gasteiger partial charge in [-0.1, -0.05) is 118 Å². The van der Waals surface area contributed by atoms with Gasteiger partial charge in [0, 0.05) is 73.0 Å². The summed E-state index contributed by atoms with van der Waals surface area (Å²) in [6, 6.07) is 10.4. The number of nitrogens with one attached hydrogen (secondary N) is 8. The summed E-state index contributed by atoms with van der Waals surface area (Å²) in [4.78, 5) is 151. The summed E-state index contributed by atoms with van der Waals surface area (Å²) in [7, 11) is 6.33. The lowest BCUT2D eigenvalue weighted by atomic mass is 9.87. The molecule has 0 saturated carbocycles. The first-order valence-corrected chi connectivity index (χ1v) is 38.2. The van der Waals surface area contributed by atoms with Gasteiger partial charge in [0.05, 0.1) is 72.5 Å². The van der Waals surface area contributed by atoms with Gasteiger partial charge in [0.15, 0.2) is 0 Å². The van der Waals surface area contributed by atoms with Crippen LogP contribution in [0.1, 0.15) is 198 Å². The van der Waals surface area contributed by atoms with Crippen LogP contribution in [0.4, 0.5) is 15.3 Å². The zero-order valence-electron chi connectivity index (χ0n) is 67.5. The molecule has 30 heteroatoms. The van der Waals surface area contributed by atoms with Crippen molar-refractivity contribution in [1.29, 1.82) is 0 Å². The summed E-state index contributed by atoms with van der Waals surface area (Å²) in [5.74, 6) is -0.605. The topological polar surface area (TPSA) is 412 Å². The van der Waals surface area contributed by atoms with Gasteiger partial charge >= 0.3 is 12.1 Å². The second-order valence-electron chi connectivity index (χ2n) is 30.8. The van der Waals surface area contributed by atoms with Gasteiger partial charge in [-0.3, -0.25) is 48.6 Å². The van der Waals surface area contributed by atoms with Crippen LogP contribution in [0.5, 0.6) is 0 Å². The van der Waals surface area contributed by atoms with Gasteiger partial charge in [0.2, 0.25) is 53.2 Å². The summed E-state index contributed by atoms with van der Waals surface area (Å²) in [5, 5.41) is 30.5. The van der Waals surface area contributed by atoms with Crippen LogP contribution in [0.2, 0.25) is 0 Å². The van der Waals surface area contributed by atoms with Crippen molar-refractivity contribution in [2.45, 2.75) is 253 Å². The molecule has 0 bridgehead atoms. The van der Waals surface area contributed by atoms with E-state index < -0.39 is 113 Å². The van der Waals surface area contributed by atoms with E-state index in [0.717, 1.165) is 0 Å². The standard InChI is InChI=1S/C78H131N13O17/c1-19-51(8)67(60(104-17)44-63(94)91-42-27-31-59(91)69(105-18)52(9)70(97)84-53(10)68(96)55-28-22-20-23-29-55)90(16)74(101)57(48(2)3)45-83-73(100)66(50(6)7)89(15)64(95)47-108-78(13,14)39-43-107-77(11,12)38-41-82-76(103)106-46-54-34-36-56(37-35-54)85-71(98)58(30-26-40-81-75(79)102)86-72(99)65(49(4)5)87-61(92)32-24-21-25-33-62(93)88-80/h20,22-23,28-29,34-37,48-53,57-60,65-69,96H,19,21,24-27,30-33,38-47,80H2,1-18H3,(H,82,103)(H,83,100)(H,84,97)(H,85,98)(H,86,99)(H,87,92)(H,88,93)(H3,79,81,102). The van der Waals surface area contributed by atoms with E-state index in [9.17, 15) is 57.8 Å².